The molecule has 0 amide bonds. The van der Waals surface area contributed by atoms with Gasteiger partial charge in [-0.2, -0.15) is 0 Å². The lowest BCUT2D eigenvalue weighted by Gasteiger charge is -2.22. The Morgan fingerprint density at radius 2 is 2.29 bits per heavy atom. The van der Waals surface area contributed by atoms with Crippen LogP contribution in [0.4, 0.5) is 5.69 Å². The Balaban J connectivity index is 2.03. The minimum atomic E-state index is -0.323. The zero-order valence-electron chi connectivity index (χ0n) is 9.94. The number of hydrogen-bond acceptors (Lipinski definition) is 4. The number of esters is 1. The second kappa shape index (κ2) is 5.19. The number of benzene rings is 1. The highest BCUT2D eigenvalue weighted by Crippen LogP contribution is 2.16. The topological polar surface area (TPSA) is 61.6 Å². The molecule has 17 heavy (non-hydrogen) atoms. The van der Waals surface area contributed by atoms with E-state index in [1.54, 1.807) is 12.1 Å². The first-order valence-corrected chi connectivity index (χ1v) is 5.81. The summed E-state index contributed by atoms with van der Waals surface area (Å²) in [4.78, 5) is 11.9. The molecule has 0 saturated carbocycles. The molecule has 1 aliphatic heterocycles. The van der Waals surface area contributed by atoms with E-state index in [1.165, 1.54) is 0 Å². The molecule has 1 aromatic carbocycles. The summed E-state index contributed by atoms with van der Waals surface area (Å²) in [6.45, 7) is 3.15. The Morgan fingerprint density at radius 3 is 2.94 bits per heavy atom. The van der Waals surface area contributed by atoms with E-state index in [2.05, 4.69) is 0 Å². The van der Waals surface area contributed by atoms with Crippen molar-refractivity contribution in [1.29, 1.82) is 0 Å². The van der Waals surface area contributed by atoms with Gasteiger partial charge in [0.05, 0.1) is 12.2 Å². The largest absolute Gasteiger partial charge is 0.456 e. The predicted molar refractivity (Wildman–Crippen MR) is 64.8 cm³/mol. The average Bonchev–Trinajstić information content (AvgIpc) is 2.29. The lowest BCUT2D eigenvalue weighted by atomic mass is 10.1. The zero-order chi connectivity index (χ0) is 12.3. The Labute approximate surface area is 101 Å². The number of anilines is 1. The fourth-order valence-corrected chi connectivity index (χ4v) is 1.95. The maximum atomic E-state index is 11.9. The molecule has 1 saturated heterocycles. The van der Waals surface area contributed by atoms with Crippen LogP contribution in [0.3, 0.4) is 0 Å². The van der Waals surface area contributed by atoms with E-state index in [9.17, 15) is 4.79 Å². The third-order valence-corrected chi connectivity index (χ3v) is 2.73. The van der Waals surface area contributed by atoms with Gasteiger partial charge in [-0.05, 0) is 43.5 Å². The van der Waals surface area contributed by atoms with Gasteiger partial charge in [-0.1, -0.05) is 0 Å². The van der Waals surface area contributed by atoms with Crippen molar-refractivity contribution in [2.24, 2.45) is 0 Å². The Morgan fingerprint density at radius 1 is 1.47 bits per heavy atom. The minimum Gasteiger partial charge on any atom is -0.456 e. The molecule has 0 bridgehead atoms. The highest BCUT2D eigenvalue weighted by atomic mass is 16.6. The van der Waals surface area contributed by atoms with Gasteiger partial charge in [0.25, 0.3) is 0 Å². The lowest BCUT2D eigenvalue weighted by Crippen LogP contribution is -2.28. The molecule has 1 fully saturated rings. The standard InChI is InChI=1S/C13H17NO3/c1-9-5-10(7-11(14)6-9)13(15)17-12-3-2-4-16-8-12/h5-7,12H,2-4,8,14H2,1H3. The van der Waals surface area contributed by atoms with Crippen LogP contribution in [0.5, 0.6) is 0 Å². The van der Waals surface area contributed by atoms with Crippen LogP contribution in [0, 0.1) is 6.92 Å². The molecule has 2 rings (SSSR count). The number of carbonyl (C=O) groups is 1. The number of nitrogens with two attached hydrogens (primary N) is 1. The van der Waals surface area contributed by atoms with Gasteiger partial charge in [-0.25, -0.2) is 4.79 Å². The Kier molecular flexibility index (Phi) is 3.64. The first kappa shape index (κ1) is 11.9. The SMILES string of the molecule is Cc1cc(N)cc(C(=O)OC2CCCOC2)c1. The smallest absolute Gasteiger partial charge is 0.338 e. The monoisotopic (exact) mass is 235 g/mol. The van der Waals surface area contributed by atoms with Gasteiger partial charge in [-0.3, -0.25) is 0 Å². The predicted octanol–water partition coefficient (Wildman–Crippen LogP) is 1.91. The van der Waals surface area contributed by atoms with Crippen molar-refractivity contribution in [1.82, 2.24) is 0 Å². The molecule has 0 aliphatic carbocycles. The number of hydrogen-bond donors (Lipinski definition) is 1. The number of carbonyl (C=O) groups excluding carboxylic acids is 1. The molecule has 0 aromatic heterocycles. The Hall–Kier alpha value is -1.55. The van der Waals surface area contributed by atoms with Gasteiger partial charge in [0.1, 0.15) is 6.10 Å². The molecule has 1 unspecified atom stereocenters. The molecule has 1 heterocycles. The average molecular weight is 235 g/mol. The van der Waals surface area contributed by atoms with Crippen LogP contribution in [0.15, 0.2) is 18.2 Å². The first-order valence-electron chi connectivity index (χ1n) is 5.81. The fourth-order valence-electron chi connectivity index (χ4n) is 1.95. The zero-order valence-corrected chi connectivity index (χ0v) is 9.94. The molecule has 1 aliphatic rings. The molecule has 4 heteroatoms. The maximum Gasteiger partial charge on any atom is 0.338 e. The van der Waals surface area contributed by atoms with Crippen LogP contribution in [-0.2, 0) is 9.47 Å². The lowest BCUT2D eigenvalue weighted by molar-refractivity contribution is -0.0306. The van der Waals surface area contributed by atoms with Crippen molar-refractivity contribution >= 4 is 11.7 Å². The molecule has 2 N–H and O–H groups in total. The molecule has 0 radical (unpaired) electrons. The van der Waals surface area contributed by atoms with Gasteiger partial charge in [0, 0.05) is 12.3 Å². The van der Waals surface area contributed by atoms with Crippen LogP contribution in [0.25, 0.3) is 0 Å². The number of ether oxygens (including phenoxy) is 2. The summed E-state index contributed by atoms with van der Waals surface area (Å²) in [5, 5.41) is 0. The highest BCUT2D eigenvalue weighted by molar-refractivity contribution is 5.90. The maximum absolute atomic E-state index is 11.9. The summed E-state index contributed by atoms with van der Waals surface area (Å²) >= 11 is 0. The molecular weight excluding hydrogens is 218 g/mol. The molecule has 4 nitrogen and oxygen atoms in total. The van der Waals surface area contributed by atoms with Crippen molar-refractivity contribution in [2.75, 3.05) is 18.9 Å². The normalized spacial score (nSPS) is 19.9. The van der Waals surface area contributed by atoms with Gasteiger partial charge in [0.2, 0.25) is 0 Å². The highest BCUT2D eigenvalue weighted by Gasteiger charge is 2.19. The van der Waals surface area contributed by atoms with E-state index in [1.807, 2.05) is 13.0 Å². The van der Waals surface area contributed by atoms with Gasteiger partial charge >= 0.3 is 5.97 Å². The van der Waals surface area contributed by atoms with Crippen molar-refractivity contribution in [3.8, 4) is 0 Å². The molecule has 1 atom stereocenters. The molecule has 1 aromatic rings. The van der Waals surface area contributed by atoms with Crippen molar-refractivity contribution in [3.63, 3.8) is 0 Å². The van der Waals surface area contributed by atoms with E-state index >= 15 is 0 Å². The van der Waals surface area contributed by atoms with Crippen LogP contribution in [0.1, 0.15) is 28.8 Å². The van der Waals surface area contributed by atoms with Crippen LogP contribution in [0.2, 0.25) is 0 Å². The van der Waals surface area contributed by atoms with Crippen molar-refractivity contribution in [2.45, 2.75) is 25.9 Å². The van der Waals surface area contributed by atoms with Gasteiger partial charge in [0.15, 0.2) is 0 Å². The summed E-state index contributed by atoms with van der Waals surface area (Å²) in [6, 6.07) is 5.24. The van der Waals surface area contributed by atoms with Crippen molar-refractivity contribution in [3.05, 3.63) is 29.3 Å². The summed E-state index contributed by atoms with van der Waals surface area (Å²) in [5.74, 6) is -0.323. The van der Waals surface area contributed by atoms with E-state index in [-0.39, 0.29) is 12.1 Å². The third kappa shape index (κ3) is 3.20. The number of rotatable bonds is 2. The van der Waals surface area contributed by atoms with E-state index < -0.39 is 0 Å². The molecule has 92 valence electrons. The summed E-state index contributed by atoms with van der Waals surface area (Å²) in [5.41, 5.74) is 7.74. The minimum absolute atomic E-state index is 0.127. The van der Waals surface area contributed by atoms with E-state index in [0.29, 0.717) is 17.9 Å². The molecular formula is C13H17NO3. The fraction of sp³-hybridized carbons (Fsp3) is 0.462. The number of aryl methyl sites for hydroxylation is 1. The van der Waals surface area contributed by atoms with Crippen LogP contribution in [-0.4, -0.2) is 25.3 Å². The van der Waals surface area contributed by atoms with Gasteiger partial charge in [-0.15, -0.1) is 0 Å². The third-order valence-electron chi connectivity index (χ3n) is 2.73. The van der Waals surface area contributed by atoms with E-state index in [0.717, 1.165) is 25.0 Å². The number of nitrogen functional groups attached to an aromatic ring is 1. The first-order chi connectivity index (χ1) is 8.15. The summed E-state index contributed by atoms with van der Waals surface area (Å²) in [6.07, 6.45) is 1.68. The van der Waals surface area contributed by atoms with Gasteiger partial charge < -0.3 is 15.2 Å². The van der Waals surface area contributed by atoms with Crippen LogP contribution < -0.4 is 5.73 Å². The quantitative estimate of drug-likeness (QED) is 0.628. The second-order valence-electron chi connectivity index (χ2n) is 4.38. The molecule has 0 spiro atoms. The van der Waals surface area contributed by atoms with Crippen LogP contribution >= 0.6 is 0 Å². The Bertz CT molecular complexity index is 391. The second-order valence-corrected chi connectivity index (χ2v) is 4.38. The summed E-state index contributed by atoms with van der Waals surface area (Å²) in [7, 11) is 0. The van der Waals surface area contributed by atoms with Crippen molar-refractivity contribution < 1.29 is 14.3 Å². The van der Waals surface area contributed by atoms with E-state index in [4.69, 9.17) is 15.2 Å². The summed E-state index contributed by atoms with van der Waals surface area (Å²) < 4.78 is 10.6.